The minimum Gasteiger partial charge on any atom is -0.494 e. The van der Waals surface area contributed by atoms with Crippen LogP contribution in [-0.4, -0.2) is 38.8 Å². The van der Waals surface area contributed by atoms with Gasteiger partial charge in [-0.05, 0) is 37.5 Å². The molecule has 3 rings (SSSR count). The van der Waals surface area contributed by atoms with Gasteiger partial charge in [0, 0.05) is 19.4 Å². The molecule has 2 amide bonds. The van der Waals surface area contributed by atoms with Crippen LogP contribution in [0.25, 0.3) is 0 Å². The van der Waals surface area contributed by atoms with E-state index in [2.05, 4.69) is 31.0 Å². The van der Waals surface area contributed by atoms with Crippen molar-refractivity contribution in [2.45, 2.75) is 46.1 Å². The summed E-state index contributed by atoms with van der Waals surface area (Å²) in [5.41, 5.74) is 1.01. The van der Waals surface area contributed by atoms with Crippen molar-refractivity contribution in [2.75, 3.05) is 11.9 Å². The molecule has 0 radical (unpaired) electrons. The van der Waals surface area contributed by atoms with Crippen LogP contribution in [0.1, 0.15) is 52.1 Å². The van der Waals surface area contributed by atoms with Gasteiger partial charge >= 0.3 is 0 Å². The van der Waals surface area contributed by atoms with Gasteiger partial charge in [-0.25, -0.2) is 0 Å². The van der Waals surface area contributed by atoms with Crippen molar-refractivity contribution in [2.24, 2.45) is 0 Å². The lowest BCUT2D eigenvalue weighted by atomic mass is 10.2. The quantitative estimate of drug-likeness (QED) is 0.451. The Balaban J connectivity index is 1.38. The molecule has 0 saturated carbocycles. The number of anilines is 1. The molecular formula is C20H24N6O3S2. The Morgan fingerprint density at radius 2 is 1.77 bits per heavy atom. The molecule has 9 nitrogen and oxygen atoms in total. The number of nitrogens with zero attached hydrogens (tertiary/aromatic N) is 4. The standard InChI is InChI=1S/C20H24N6O3S2/c1-3-16-23-26-20(31-16)22-18(28)19-25-24-17(30-19)7-5-6-15(27)21-12-13-8-10-14(11-9-13)29-4-2/h8-11H,3-7,12H2,1-2H3,(H,21,27)(H,22,26,28). The monoisotopic (exact) mass is 460 g/mol. The normalized spacial score (nSPS) is 10.6. The molecular weight excluding hydrogens is 436 g/mol. The third kappa shape index (κ3) is 7.07. The summed E-state index contributed by atoms with van der Waals surface area (Å²) in [5.74, 6) is 0.437. The topological polar surface area (TPSA) is 119 Å². The summed E-state index contributed by atoms with van der Waals surface area (Å²) in [5, 5.41) is 23.7. The first-order chi connectivity index (χ1) is 15.1. The minimum absolute atomic E-state index is 0.0284. The first-order valence-electron chi connectivity index (χ1n) is 10.0. The second-order valence-corrected chi connectivity index (χ2v) is 8.64. The summed E-state index contributed by atoms with van der Waals surface area (Å²) in [7, 11) is 0. The van der Waals surface area contributed by atoms with Crippen molar-refractivity contribution >= 4 is 39.6 Å². The number of ether oxygens (including phenoxy) is 1. The van der Waals surface area contributed by atoms with Gasteiger partial charge in [-0.3, -0.25) is 14.9 Å². The molecule has 0 bridgehead atoms. The van der Waals surface area contributed by atoms with Crippen LogP contribution in [0.3, 0.4) is 0 Å². The van der Waals surface area contributed by atoms with Crippen molar-refractivity contribution in [1.82, 2.24) is 25.7 Å². The summed E-state index contributed by atoms with van der Waals surface area (Å²) in [6, 6.07) is 7.65. The van der Waals surface area contributed by atoms with E-state index in [0.29, 0.717) is 37.5 Å². The molecule has 164 valence electrons. The summed E-state index contributed by atoms with van der Waals surface area (Å²) >= 11 is 2.56. The number of rotatable bonds is 11. The molecule has 3 aromatic rings. The van der Waals surface area contributed by atoms with Gasteiger partial charge in [-0.1, -0.05) is 41.7 Å². The van der Waals surface area contributed by atoms with Crippen LogP contribution >= 0.6 is 22.7 Å². The number of benzene rings is 1. The molecule has 31 heavy (non-hydrogen) atoms. The largest absolute Gasteiger partial charge is 0.494 e. The van der Waals surface area contributed by atoms with Crippen LogP contribution in [0.2, 0.25) is 0 Å². The Labute approximate surface area is 188 Å². The lowest BCUT2D eigenvalue weighted by Crippen LogP contribution is -2.22. The molecule has 0 saturated heterocycles. The lowest BCUT2D eigenvalue weighted by Gasteiger charge is -2.07. The number of aryl methyl sites for hydroxylation is 2. The van der Waals surface area contributed by atoms with Gasteiger partial charge in [-0.15, -0.1) is 20.4 Å². The second kappa shape index (κ2) is 11.5. The van der Waals surface area contributed by atoms with Crippen LogP contribution in [0.4, 0.5) is 5.13 Å². The molecule has 2 heterocycles. The van der Waals surface area contributed by atoms with E-state index >= 15 is 0 Å². The van der Waals surface area contributed by atoms with Gasteiger partial charge in [0.2, 0.25) is 16.0 Å². The lowest BCUT2D eigenvalue weighted by molar-refractivity contribution is -0.121. The molecule has 0 unspecified atom stereocenters. The van der Waals surface area contributed by atoms with Crippen LogP contribution in [0, 0.1) is 0 Å². The molecule has 0 atom stereocenters. The van der Waals surface area contributed by atoms with Crippen molar-refractivity contribution < 1.29 is 14.3 Å². The maximum atomic E-state index is 12.2. The number of carbonyl (C=O) groups excluding carboxylic acids is 2. The number of hydrogen-bond donors (Lipinski definition) is 2. The Kier molecular flexibility index (Phi) is 8.42. The maximum Gasteiger partial charge on any atom is 0.288 e. The Bertz CT molecular complexity index is 1000. The van der Waals surface area contributed by atoms with Crippen LogP contribution in [0.15, 0.2) is 24.3 Å². The maximum absolute atomic E-state index is 12.2. The van der Waals surface area contributed by atoms with E-state index in [1.165, 1.54) is 22.7 Å². The highest BCUT2D eigenvalue weighted by Crippen LogP contribution is 2.18. The van der Waals surface area contributed by atoms with E-state index in [1.54, 1.807) is 0 Å². The van der Waals surface area contributed by atoms with Crippen LogP contribution in [-0.2, 0) is 24.2 Å². The number of nitrogens with one attached hydrogen (secondary N) is 2. The van der Waals surface area contributed by atoms with Crippen LogP contribution in [0.5, 0.6) is 5.75 Å². The number of aromatic nitrogens is 4. The van der Waals surface area contributed by atoms with Gasteiger partial charge in [0.25, 0.3) is 5.91 Å². The van der Waals surface area contributed by atoms with Crippen LogP contribution < -0.4 is 15.4 Å². The molecule has 2 N–H and O–H groups in total. The molecule has 1 aromatic carbocycles. The molecule has 0 aliphatic heterocycles. The SMILES string of the molecule is CCOc1ccc(CNC(=O)CCCc2nnc(C(=O)Nc3nnc(CC)s3)s2)cc1. The average Bonchev–Trinajstić information content (AvgIpc) is 3.43. The van der Waals surface area contributed by atoms with Crippen molar-refractivity contribution in [1.29, 1.82) is 0 Å². The van der Waals surface area contributed by atoms with Crippen molar-refractivity contribution in [3.63, 3.8) is 0 Å². The fourth-order valence-corrected chi connectivity index (χ4v) is 4.05. The van der Waals surface area contributed by atoms with E-state index in [1.807, 2.05) is 38.1 Å². The van der Waals surface area contributed by atoms with Crippen molar-refractivity contribution in [3.8, 4) is 5.75 Å². The summed E-state index contributed by atoms with van der Waals surface area (Å²) in [6.07, 6.45) is 2.36. The summed E-state index contributed by atoms with van der Waals surface area (Å²) < 4.78 is 5.41. The molecule has 0 spiro atoms. The first kappa shape index (κ1) is 22.8. The smallest absolute Gasteiger partial charge is 0.288 e. The molecule has 0 fully saturated rings. The second-order valence-electron chi connectivity index (χ2n) is 6.52. The Hall–Kier alpha value is -2.92. The molecule has 0 aliphatic carbocycles. The fraction of sp³-hybridized carbons (Fsp3) is 0.400. The predicted molar refractivity (Wildman–Crippen MR) is 120 cm³/mol. The molecule has 2 aromatic heterocycles. The molecule has 0 aliphatic rings. The van der Waals surface area contributed by atoms with E-state index in [4.69, 9.17) is 4.74 Å². The zero-order valence-corrected chi connectivity index (χ0v) is 19.0. The predicted octanol–water partition coefficient (Wildman–Crippen LogP) is 3.24. The summed E-state index contributed by atoms with van der Waals surface area (Å²) in [4.78, 5) is 24.3. The Morgan fingerprint density at radius 1 is 1.00 bits per heavy atom. The highest BCUT2D eigenvalue weighted by atomic mass is 32.1. The molecule has 11 heteroatoms. The van der Waals surface area contributed by atoms with Gasteiger partial charge in [0.1, 0.15) is 15.8 Å². The zero-order chi connectivity index (χ0) is 22.1. The number of hydrogen-bond acceptors (Lipinski definition) is 9. The third-order valence-corrected chi connectivity index (χ3v) is 6.13. The van der Waals surface area contributed by atoms with Gasteiger partial charge in [0.15, 0.2) is 0 Å². The van der Waals surface area contributed by atoms with E-state index < -0.39 is 0 Å². The van der Waals surface area contributed by atoms with Crippen molar-refractivity contribution in [3.05, 3.63) is 44.9 Å². The summed E-state index contributed by atoms with van der Waals surface area (Å²) in [6.45, 7) is 5.01. The van der Waals surface area contributed by atoms with E-state index in [0.717, 1.165) is 27.7 Å². The number of amides is 2. The third-order valence-electron chi connectivity index (χ3n) is 4.17. The van der Waals surface area contributed by atoms with Gasteiger partial charge < -0.3 is 10.1 Å². The first-order valence-corrected chi connectivity index (χ1v) is 11.6. The fourth-order valence-electron chi connectivity index (χ4n) is 2.60. The average molecular weight is 461 g/mol. The number of carbonyl (C=O) groups is 2. The van der Waals surface area contributed by atoms with Gasteiger partial charge in [-0.2, -0.15) is 0 Å². The Morgan fingerprint density at radius 3 is 2.48 bits per heavy atom. The van der Waals surface area contributed by atoms with E-state index in [-0.39, 0.29) is 16.8 Å². The highest BCUT2D eigenvalue weighted by molar-refractivity contribution is 7.16. The zero-order valence-electron chi connectivity index (χ0n) is 17.4. The minimum atomic E-state index is -0.351. The van der Waals surface area contributed by atoms with E-state index in [9.17, 15) is 9.59 Å². The highest BCUT2D eigenvalue weighted by Gasteiger charge is 2.15. The van der Waals surface area contributed by atoms with Gasteiger partial charge in [0.05, 0.1) is 6.61 Å².